The van der Waals surface area contributed by atoms with Gasteiger partial charge in [-0.05, 0) is 49.7 Å². The molecule has 0 atom stereocenters. The number of anilines is 1. The number of aryl methyl sites for hydroxylation is 2. The predicted molar refractivity (Wildman–Crippen MR) is 90.2 cm³/mol. The summed E-state index contributed by atoms with van der Waals surface area (Å²) in [6.07, 6.45) is 1.74. The van der Waals surface area contributed by atoms with Gasteiger partial charge in [-0.15, -0.1) is 5.10 Å². The van der Waals surface area contributed by atoms with Gasteiger partial charge in [0.1, 0.15) is 5.82 Å². The van der Waals surface area contributed by atoms with E-state index in [9.17, 15) is 12.8 Å². The summed E-state index contributed by atoms with van der Waals surface area (Å²) in [5.41, 5.74) is 1.84. The van der Waals surface area contributed by atoms with E-state index in [1.807, 2.05) is 30.3 Å². The highest BCUT2D eigenvalue weighted by Crippen LogP contribution is 2.22. The molecule has 5 nitrogen and oxygen atoms in total. The zero-order chi connectivity index (χ0) is 17.3. The summed E-state index contributed by atoms with van der Waals surface area (Å²) in [5, 5.41) is 4.29. The number of benzene rings is 2. The highest BCUT2D eigenvalue weighted by atomic mass is 32.2. The van der Waals surface area contributed by atoms with Gasteiger partial charge in [0.2, 0.25) is 0 Å². The number of nitrogens with one attached hydrogen (secondary N) is 1. The number of nitrogens with zero attached hydrogens (tertiary/aromatic N) is 2. The summed E-state index contributed by atoms with van der Waals surface area (Å²) >= 11 is 0. The summed E-state index contributed by atoms with van der Waals surface area (Å²) in [4.78, 5) is 0.0255. The van der Waals surface area contributed by atoms with Crippen LogP contribution in [0.3, 0.4) is 0 Å². The van der Waals surface area contributed by atoms with Crippen molar-refractivity contribution < 1.29 is 12.8 Å². The van der Waals surface area contributed by atoms with Crippen molar-refractivity contribution in [2.24, 2.45) is 0 Å². The molecule has 0 amide bonds. The van der Waals surface area contributed by atoms with E-state index in [0.717, 1.165) is 11.8 Å². The molecule has 1 aromatic heterocycles. The van der Waals surface area contributed by atoms with Gasteiger partial charge in [0.15, 0.2) is 5.82 Å². The van der Waals surface area contributed by atoms with E-state index < -0.39 is 15.8 Å². The van der Waals surface area contributed by atoms with Crippen molar-refractivity contribution in [1.82, 2.24) is 9.78 Å². The van der Waals surface area contributed by atoms with Crippen molar-refractivity contribution >= 4 is 15.8 Å². The number of para-hydroxylation sites is 1. The summed E-state index contributed by atoms with van der Waals surface area (Å²) < 4.78 is 42.4. The Morgan fingerprint density at radius 3 is 2.42 bits per heavy atom. The molecule has 0 aliphatic carbocycles. The molecule has 0 radical (unpaired) electrons. The Kier molecular flexibility index (Phi) is 4.11. The molecule has 0 fully saturated rings. The fourth-order valence-electron chi connectivity index (χ4n) is 2.37. The Balaban J connectivity index is 1.95. The number of hydrogen-bond donors (Lipinski definition) is 1. The Hall–Kier alpha value is -2.67. The molecule has 0 unspecified atom stereocenters. The van der Waals surface area contributed by atoms with E-state index in [1.165, 1.54) is 12.1 Å². The molecule has 7 heteroatoms. The van der Waals surface area contributed by atoms with Crippen LogP contribution in [0.4, 0.5) is 10.2 Å². The minimum atomic E-state index is -3.84. The first-order valence-electron chi connectivity index (χ1n) is 7.27. The van der Waals surface area contributed by atoms with Gasteiger partial charge in [-0.2, -0.15) is 0 Å². The van der Waals surface area contributed by atoms with Gasteiger partial charge in [0, 0.05) is 11.8 Å². The highest BCUT2D eigenvalue weighted by molar-refractivity contribution is 7.92. The minimum absolute atomic E-state index is 0.0255. The Labute approximate surface area is 139 Å². The van der Waals surface area contributed by atoms with Crippen LogP contribution in [-0.2, 0) is 10.0 Å². The van der Waals surface area contributed by atoms with Crippen LogP contribution < -0.4 is 4.72 Å². The molecule has 0 aliphatic rings. The smallest absolute Gasteiger partial charge is 0.262 e. The molecule has 0 aliphatic heterocycles. The first-order chi connectivity index (χ1) is 11.4. The molecule has 3 rings (SSSR count). The highest BCUT2D eigenvalue weighted by Gasteiger charge is 2.20. The lowest BCUT2D eigenvalue weighted by Gasteiger charge is -2.09. The predicted octanol–water partition coefficient (Wildman–Crippen LogP) is 3.43. The molecule has 124 valence electrons. The molecule has 0 bridgehead atoms. The molecule has 3 aromatic rings. The zero-order valence-electron chi connectivity index (χ0n) is 13.2. The van der Waals surface area contributed by atoms with E-state index in [2.05, 4.69) is 9.82 Å². The average molecular weight is 345 g/mol. The van der Waals surface area contributed by atoms with Gasteiger partial charge >= 0.3 is 0 Å². The molecule has 0 saturated heterocycles. The maximum absolute atomic E-state index is 13.2. The van der Waals surface area contributed by atoms with E-state index in [0.29, 0.717) is 11.1 Å². The third-order valence-corrected chi connectivity index (χ3v) is 5.07. The van der Waals surface area contributed by atoms with Crippen molar-refractivity contribution in [3.8, 4) is 5.69 Å². The van der Waals surface area contributed by atoms with Crippen LogP contribution in [0.15, 0.2) is 59.6 Å². The summed E-state index contributed by atoms with van der Waals surface area (Å²) in [6.45, 7) is 3.31. The second-order valence-electron chi connectivity index (χ2n) is 5.46. The number of halogens is 1. The molecular weight excluding hydrogens is 329 g/mol. The van der Waals surface area contributed by atoms with Crippen LogP contribution in [0, 0.1) is 19.7 Å². The van der Waals surface area contributed by atoms with Gasteiger partial charge in [-0.3, -0.25) is 4.72 Å². The van der Waals surface area contributed by atoms with Crippen LogP contribution in [0.25, 0.3) is 5.69 Å². The fourth-order valence-corrected chi connectivity index (χ4v) is 3.67. The van der Waals surface area contributed by atoms with Crippen molar-refractivity contribution in [2.45, 2.75) is 18.7 Å². The third-order valence-electron chi connectivity index (χ3n) is 3.58. The van der Waals surface area contributed by atoms with Crippen LogP contribution in [0.1, 0.15) is 11.1 Å². The lowest BCUT2D eigenvalue weighted by atomic mass is 10.2. The molecule has 24 heavy (non-hydrogen) atoms. The number of hydrogen-bond acceptors (Lipinski definition) is 3. The maximum atomic E-state index is 13.2. The second kappa shape index (κ2) is 6.09. The second-order valence-corrected chi connectivity index (χ2v) is 7.11. The molecule has 0 spiro atoms. The molecule has 0 saturated carbocycles. The van der Waals surface area contributed by atoms with E-state index in [1.54, 1.807) is 24.7 Å². The summed E-state index contributed by atoms with van der Waals surface area (Å²) in [5.74, 6) is -0.237. The normalized spacial score (nSPS) is 11.5. The van der Waals surface area contributed by atoms with Crippen LogP contribution in [0.2, 0.25) is 0 Å². The van der Waals surface area contributed by atoms with E-state index in [4.69, 9.17) is 0 Å². The van der Waals surface area contributed by atoms with Crippen molar-refractivity contribution in [2.75, 3.05) is 4.72 Å². The first kappa shape index (κ1) is 16.2. The van der Waals surface area contributed by atoms with Gasteiger partial charge in [0.05, 0.1) is 10.6 Å². The largest absolute Gasteiger partial charge is 0.263 e. The molecule has 1 N–H and O–H groups in total. The monoisotopic (exact) mass is 345 g/mol. The van der Waals surface area contributed by atoms with Gasteiger partial charge in [-0.25, -0.2) is 17.5 Å². The standard InChI is InChI=1S/C17H16FN3O2S/c1-12-10-14(18)8-9-16(12)24(22,23)20-17-13(2)11-21(19-17)15-6-4-3-5-7-15/h3-11H,1-2H3,(H,19,20). The average Bonchev–Trinajstić information content (AvgIpc) is 2.88. The van der Waals surface area contributed by atoms with Gasteiger partial charge in [-0.1, -0.05) is 18.2 Å². The molecular formula is C17H16FN3O2S. The van der Waals surface area contributed by atoms with Gasteiger partial charge in [0.25, 0.3) is 10.0 Å². The lowest BCUT2D eigenvalue weighted by Crippen LogP contribution is -2.15. The van der Waals surface area contributed by atoms with Crippen molar-refractivity contribution in [1.29, 1.82) is 0 Å². The number of rotatable bonds is 4. The Morgan fingerprint density at radius 1 is 1.04 bits per heavy atom. The van der Waals surface area contributed by atoms with Gasteiger partial charge < -0.3 is 0 Å². The summed E-state index contributed by atoms with van der Waals surface area (Å²) in [7, 11) is -3.84. The summed E-state index contributed by atoms with van der Waals surface area (Å²) in [6, 6.07) is 12.9. The van der Waals surface area contributed by atoms with E-state index >= 15 is 0 Å². The minimum Gasteiger partial charge on any atom is -0.262 e. The van der Waals surface area contributed by atoms with Crippen LogP contribution in [-0.4, -0.2) is 18.2 Å². The topological polar surface area (TPSA) is 64.0 Å². The lowest BCUT2D eigenvalue weighted by molar-refractivity contribution is 0.598. The Morgan fingerprint density at radius 2 is 1.75 bits per heavy atom. The first-order valence-corrected chi connectivity index (χ1v) is 8.76. The van der Waals surface area contributed by atoms with Crippen molar-refractivity contribution in [3.05, 3.63) is 71.7 Å². The molecule has 1 heterocycles. The van der Waals surface area contributed by atoms with Crippen molar-refractivity contribution in [3.63, 3.8) is 0 Å². The molecule has 2 aromatic carbocycles. The quantitative estimate of drug-likeness (QED) is 0.788. The van der Waals surface area contributed by atoms with Crippen LogP contribution in [0.5, 0.6) is 0 Å². The zero-order valence-corrected chi connectivity index (χ0v) is 14.0. The van der Waals surface area contributed by atoms with Crippen LogP contribution >= 0.6 is 0 Å². The SMILES string of the molecule is Cc1cc(F)ccc1S(=O)(=O)Nc1nn(-c2ccccc2)cc1C. The fraction of sp³-hybridized carbons (Fsp3) is 0.118. The van der Waals surface area contributed by atoms with E-state index in [-0.39, 0.29) is 10.7 Å². The Bertz CT molecular complexity index is 982. The third kappa shape index (κ3) is 3.16. The maximum Gasteiger partial charge on any atom is 0.263 e. The number of sulfonamides is 1. The number of aromatic nitrogens is 2.